The number of nitrogens with zero attached hydrogens (tertiary/aromatic N) is 1. The summed E-state index contributed by atoms with van der Waals surface area (Å²) in [5.74, 6) is 0.867. The van der Waals surface area contributed by atoms with E-state index in [1.54, 1.807) is 7.11 Å². The van der Waals surface area contributed by atoms with Crippen LogP contribution in [-0.4, -0.2) is 51.8 Å². The molecule has 0 saturated heterocycles. The average Bonchev–Trinajstić information content (AvgIpc) is 2.32. The van der Waals surface area contributed by atoms with Crippen LogP contribution < -0.4 is 5.32 Å². The quantitative estimate of drug-likeness (QED) is 0.695. The molecule has 0 aromatic rings. The number of hydrogen-bond acceptors (Lipinski definition) is 3. The van der Waals surface area contributed by atoms with Gasteiger partial charge in [0.2, 0.25) is 0 Å². The third-order valence-electron chi connectivity index (χ3n) is 4.52. The predicted octanol–water partition coefficient (Wildman–Crippen LogP) is 3.40. The molecule has 0 amide bonds. The van der Waals surface area contributed by atoms with Crippen molar-refractivity contribution in [2.45, 2.75) is 53.4 Å². The molecular formula is C18H38N2O. The fraction of sp³-hybridized carbons (Fsp3) is 1.00. The topological polar surface area (TPSA) is 24.5 Å². The van der Waals surface area contributed by atoms with Crippen molar-refractivity contribution < 1.29 is 4.74 Å². The largest absolute Gasteiger partial charge is 0.383 e. The summed E-state index contributed by atoms with van der Waals surface area (Å²) >= 11 is 0. The van der Waals surface area contributed by atoms with Crippen LogP contribution in [0.5, 0.6) is 0 Å². The van der Waals surface area contributed by atoms with Crippen LogP contribution in [0.1, 0.15) is 53.4 Å². The fourth-order valence-corrected chi connectivity index (χ4v) is 4.09. The van der Waals surface area contributed by atoms with E-state index in [0.29, 0.717) is 10.8 Å². The second-order valence-corrected chi connectivity index (χ2v) is 8.60. The van der Waals surface area contributed by atoms with Gasteiger partial charge in [0.25, 0.3) is 0 Å². The van der Waals surface area contributed by atoms with E-state index in [1.807, 2.05) is 0 Å². The Labute approximate surface area is 132 Å². The van der Waals surface area contributed by atoms with E-state index in [4.69, 9.17) is 4.74 Å². The van der Waals surface area contributed by atoms with Crippen molar-refractivity contribution in [3.63, 3.8) is 0 Å². The van der Waals surface area contributed by atoms with Gasteiger partial charge < -0.3 is 15.0 Å². The molecule has 2 atom stereocenters. The van der Waals surface area contributed by atoms with E-state index in [1.165, 1.54) is 38.8 Å². The van der Waals surface area contributed by atoms with Crippen molar-refractivity contribution in [1.29, 1.82) is 0 Å². The summed E-state index contributed by atoms with van der Waals surface area (Å²) in [4.78, 5) is 2.55. The molecule has 3 nitrogen and oxygen atoms in total. The maximum Gasteiger partial charge on any atom is 0.0587 e. The van der Waals surface area contributed by atoms with Crippen LogP contribution in [-0.2, 0) is 4.74 Å². The number of ether oxygens (including phenoxy) is 1. The second kappa shape index (κ2) is 8.50. The molecule has 0 spiro atoms. The molecule has 0 aromatic heterocycles. The van der Waals surface area contributed by atoms with Gasteiger partial charge in [-0.2, -0.15) is 0 Å². The highest BCUT2D eigenvalue weighted by Gasteiger charge is 2.36. The summed E-state index contributed by atoms with van der Waals surface area (Å²) < 4.78 is 5.16. The van der Waals surface area contributed by atoms with E-state index >= 15 is 0 Å². The highest BCUT2D eigenvalue weighted by molar-refractivity contribution is 4.90. The van der Waals surface area contributed by atoms with Crippen LogP contribution in [0.25, 0.3) is 0 Å². The van der Waals surface area contributed by atoms with Crippen LogP contribution in [0.15, 0.2) is 0 Å². The third kappa shape index (κ3) is 7.62. The minimum atomic E-state index is 0.375. The van der Waals surface area contributed by atoms with Gasteiger partial charge in [-0.25, -0.2) is 0 Å². The molecular weight excluding hydrogens is 260 g/mol. The van der Waals surface area contributed by atoms with Gasteiger partial charge in [-0.05, 0) is 36.6 Å². The molecule has 3 heteroatoms. The number of rotatable bonds is 8. The third-order valence-corrected chi connectivity index (χ3v) is 4.52. The molecule has 0 heterocycles. The molecule has 0 radical (unpaired) electrons. The molecule has 1 fully saturated rings. The standard InChI is InChI=1S/C18H38N2O/c1-16-8-7-9-18(12-16,13-19-10-11-21-6)15-20(5)14-17(2,3)4/h16,19H,7-15H2,1-6H3. The van der Waals surface area contributed by atoms with Gasteiger partial charge in [0.1, 0.15) is 0 Å². The normalized spacial score (nSPS) is 27.3. The minimum Gasteiger partial charge on any atom is -0.383 e. The smallest absolute Gasteiger partial charge is 0.0587 e. The molecule has 1 aliphatic carbocycles. The SMILES string of the molecule is COCCNCC1(CN(C)CC(C)(C)C)CCCC(C)C1. The number of nitrogens with one attached hydrogen (secondary N) is 1. The Morgan fingerprint density at radius 1 is 1.33 bits per heavy atom. The maximum atomic E-state index is 5.16. The number of methoxy groups -OCH3 is 1. The lowest BCUT2D eigenvalue weighted by molar-refractivity contribution is 0.0751. The molecule has 0 aliphatic heterocycles. The maximum absolute atomic E-state index is 5.16. The summed E-state index contributed by atoms with van der Waals surface area (Å²) in [6.45, 7) is 14.7. The van der Waals surface area contributed by atoms with Gasteiger partial charge in [0.15, 0.2) is 0 Å². The van der Waals surface area contributed by atoms with Crippen LogP contribution in [0, 0.1) is 16.7 Å². The van der Waals surface area contributed by atoms with E-state index in [0.717, 1.165) is 25.6 Å². The zero-order chi connectivity index (χ0) is 15.9. The highest BCUT2D eigenvalue weighted by atomic mass is 16.5. The summed E-state index contributed by atoms with van der Waals surface area (Å²) in [6.07, 6.45) is 5.52. The Morgan fingerprint density at radius 2 is 2.05 bits per heavy atom. The predicted molar refractivity (Wildman–Crippen MR) is 91.8 cm³/mol. The lowest BCUT2D eigenvalue weighted by atomic mass is 9.69. The van der Waals surface area contributed by atoms with Crippen molar-refractivity contribution in [1.82, 2.24) is 10.2 Å². The molecule has 0 bridgehead atoms. The Morgan fingerprint density at radius 3 is 2.62 bits per heavy atom. The monoisotopic (exact) mass is 298 g/mol. The van der Waals surface area contributed by atoms with Gasteiger partial charge >= 0.3 is 0 Å². The first-order valence-electron chi connectivity index (χ1n) is 8.65. The molecule has 1 aliphatic rings. The van der Waals surface area contributed by atoms with Crippen molar-refractivity contribution in [3.8, 4) is 0 Å². The van der Waals surface area contributed by atoms with Gasteiger partial charge in [-0.3, -0.25) is 0 Å². The van der Waals surface area contributed by atoms with Gasteiger partial charge in [0.05, 0.1) is 6.61 Å². The number of hydrogen-bond donors (Lipinski definition) is 1. The first-order valence-corrected chi connectivity index (χ1v) is 8.65. The van der Waals surface area contributed by atoms with Gasteiger partial charge in [-0.15, -0.1) is 0 Å². The fourth-order valence-electron chi connectivity index (χ4n) is 4.09. The minimum absolute atomic E-state index is 0.375. The molecule has 1 saturated carbocycles. The van der Waals surface area contributed by atoms with E-state index < -0.39 is 0 Å². The zero-order valence-corrected chi connectivity index (χ0v) is 15.3. The average molecular weight is 299 g/mol. The molecule has 126 valence electrons. The summed E-state index contributed by atoms with van der Waals surface area (Å²) in [6, 6.07) is 0. The van der Waals surface area contributed by atoms with E-state index in [9.17, 15) is 0 Å². The Hall–Kier alpha value is -0.120. The summed E-state index contributed by atoms with van der Waals surface area (Å²) in [5.41, 5.74) is 0.825. The second-order valence-electron chi connectivity index (χ2n) is 8.60. The van der Waals surface area contributed by atoms with Crippen LogP contribution >= 0.6 is 0 Å². The molecule has 21 heavy (non-hydrogen) atoms. The highest BCUT2D eigenvalue weighted by Crippen LogP contribution is 2.39. The summed E-state index contributed by atoms with van der Waals surface area (Å²) in [7, 11) is 4.07. The van der Waals surface area contributed by atoms with Crippen LogP contribution in [0.2, 0.25) is 0 Å². The van der Waals surface area contributed by atoms with Crippen LogP contribution in [0.3, 0.4) is 0 Å². The zero-order valence-electron chi connectivity index (χ0n) is 15.3. The Bertz CT molecular complexity index is 287. The lowest BCUT2D eigenvalue weighted by Crippen LogP contribution is -2.47. The van der Waals surface area contributed by atoms with E-state index in [2.05, 4.69) is 45.0 Å². The van der Waals surface area contributed by atoms with Crippen LogP contribution in [0.4, 0.5) is 0 Å². The van der Waals surface area contributed by atoms with Gasteiger partial charge in [-0.1, -0.05) is 40.5 Å². The van der Waals surface area contributed by atoms with E-state index in [-0.39, 0.29) is 0 Å². The Kier molecular flexibility index (Phi) is 7.66. The van der Waals surface area contributed by atoms with Crippen molar-refractivity contribution in [2.75, 3.05) is 46.9 Å². The summed E-state index contributed by atoms with van der Waals surface area (Å²) in [5, 5.41) is 3.63. The van der Waals surface area contributed by atoms with Crippen molar-refractivity contribution in [3.05, 3.63) is 0 Å². The first kappa shape index (κ1) is 18.9. The molecule has 1 N–H and O–H groups in total. The Balaban J connectivity index is 2.58. The van der Waals surface area contributed by atoms with Crippen molar-refractivity contribution >= 4 is 0 Å². The van der Waals surface area contributed by atoms with Gasteiger partial charge in [0, 0.05) is 33.3 Å². The molecule has 2 unspecified atom stereocenters. The first-order chi connectivity index (χ1) is 9.76. The lowest BCUT2D eigenvalue weighted by Gasteiger charge is -2.44. The molecule has 0 aromatic carbocycles. The van der Waals surface area contributed by atoms with Crippen molar-refractivity contribution in [2.24, 2.45) is 16.7 Å². The molecule has 1 rings (SSSR count).